The van der Waals surface area contributed by atoms with Crippen molar-refractivity contribution in [2.75, 3.05) is 7.11 Å². The van der Waals surface area contributed by atoms with Gasteiger partial charge in [0.15, 0.2) is 0 Å². The lowest BCUT2D eigenvalue weighted by Gasteiger charge is -2.13. The number of aromatic nitrogens is 1. The van der Waals surface area contributed by atoms with Gasteiger partial charge in [-0.3, -0.25) is 4.79 Å². The Hall–Kier alpha value is -3.59. The summed E-state index contributed by atoms with van der Waals surface area (Å²) in [4.78, 5) is 12.4. The minimum atomic E-state index is 0.0156. The van der Waals surface area contributed by atoms with Crippen LogP contribution in [0.15, 0.2) is 95.9 Å². The van der Waals surface area contributed by atoms with E-state index in [0.717, 1.165) is 28.9 Å². The van der Waals surface area contributed by atoms with Crippen molar-refractivity contribution in [2.24, 2.45) is 0 Å². The number of ether oxygens (including phenoxy) is 1. The second-order valence-electron chi connectivity index (χ2n) is 7.55. The highest BCUT2D eigenvalue weighted by Gasteiger charge is 2.09. The Labute approximate surface area is 177 Å². The molecule has 4 aromatic rings. The normalized spacial score (nSPS) is 10.7. The molecule has 1 aromatic heterocycles. The van der Waals surface area contributed by atoms with Crippen LogP contribution in [0.3, 0.4) is 0 Å². The monoisotopic (exact) mass is 395 g/mol. The van der Waals surface area contributed by atoms with Crippen molar-refractivity contribution in [1.82, 2.24) is 4.57 Å². The standard InChI is InChI=1S/C27H25NO2/c1-20-8-10-24(26(16-20)23-11-13-25(30-2)14-12-23)17-22-9-15-27(29)28(19-22)18-21-6-4-3-5-7-21/h3-16,19H,17-18H2,1-2H3. The van der Waals surface area contributed by atoms with Gasteiger partial charge >= 0.3 is 0 Å². The Bertz CT molecular complexity index is 1190. The Kier molecular flexibility index (Phi) is 5.80. The molecule has 0 aliphatic rings. The SMILES string of the molecule is COc1ccc(-c2cc(C)ccc2Cc2ccc(=O)n(Cc3ccccc3)c2)cc1. The maximum atomic E-state index is 12.4. The van der Waals surface area contributed by atoms with Crippen molar-refractivity contribution in [3.05, 3.63) is 124 Å². The lowest BCUT2D eigenvalue weighted by Crippen LogP contribution is -2.19. The van der Waals surface area contributed by atoms with Gasteiger partial charge in [-0.2, -0.15) is 0 Å². The molecule has 1 heterocycles. The number of hydrogen-bond donors (Lipinski definition) is 0. The third-order valence-electron chi connectivity index (χ3n) is 5.30. The van der Waals surface area contributed by atoms with Crippen LogP contribution in [0.1, 0.15) is 22.3 Å². The predicted molar refractivity (Wildman–Crippen MR) is 122 cm³/mol. The zero-order valence-electron chi connectivity index (χ0n) is 17.3. The van der Waals surface area contributed by atoms with Gasteiger partial charge in [0.1, 0.15) is 5.75 Å². The van der Waals surface area contributed by atoms with E-state index in [1.54, 1.807) is 17.7 Å². The Morgan fingerprint density at radius 3 is 2.33 bits per heavy atom. The zero-order valence-corrected chi connectivity index (χ0v) is 17.3. The third kappa shape index (κ3) is 4.52. The summed E-state index contributed by atoms with van der Waals surface area (Å²) in [5.74, 6) is 0.848. The molecular weight excluding hydrogens is 370 g/mol. The molecule has 3 heteroatoms. The summed E-state index contributed by atoms with van der Waals surface area (Å²) in [5.41, 5.74) is 7.07. The summed E-state index contributed by atoms with van der Waals surface area (Å²) in [6, 6.07) is 28.4. The van der Waals surface area contributed by atoms with Crippen molar-refractivity contribution in [3.8, 4) is 16.9 Å². The summed E-state index contributed by atoms with van der Waals surface area (Å²) < 4.78 is 7.08. The predicted octanol–water partition coefficient (Wildman–Crippen LogP) is 5.47. The van der Waals surface area contributed by atoms with Gasteiger partial charge in [-0.05, 0) is 53.3 Å². The molecule has 0 bridgehead atoms. The molecule has 0 radical (unpaired) electrons. The van der Waals surface area contributed by atoms with Crippen LogP contribution in [0.5, 0.6) is 5.75 Å². The van der Waals surface area contributed by atoms with Crippen molar-refractivity contribution < 1.29 is 4.74 Å². The summed E-state index contributed by atoms with van der Waals surface area (Å²) in [5, 5.41) is 0. The maximum absolute atomic E-state index is 12.4. The van der Waals surface area contributed by atoms with Crippen molar-refractivity contribution >= 4 is 0 Å². The van der Waals surface area contributed by atoms with E-state index in [-0.39, 0.29) is 5.56 Å². The summed E-state index contributed by atoms with van der Waals surface area (Å²) >= 11 is 0. The summed E-state index contributed by atoms with van der Waals surface area (Å²) in [6.45, 7) is 2.68. The summed E-state index contributed by atoms with van der Waals surface area (Å²) in [7, 11) is 1.68. The lowest BCUT2D eigenvalue weighted by atomic mass is 9.94. The van der Waals surface area contributed by atoms with Gasteiger partial charge in [-0.25, -0.2) is 0 Å². The average molecular weight is 396 g/mol. The first kappa shape index (κ1) is 19.7. The van der Waals surface area contributed by atoms with Gasteiger partial charge in [-0.15, -0.1) is 0 Å². The number of nitrogens with zero attached hydrogens (tertiary/aromatic N) is 1. The van der Waals surface area contributed by atoms with Crippen LogP contribution in [-0.2, 0) is 13.0 Å². The van der Waals surface area contributed by atoms with E-state index >= 15 is 0 Å². The molecule has 150 valence electrons. The Morgan fingerprint density at radius 2 is 1.60 bits per heavy atom. The average Bonchev–Trinajstić information content (AvgIpc) is 2.78. The fourth-order valence-corrected chi connectivity index (χ4v) is 3.69. The highest BCUT2D eigenvalue weighted by atomic mass is 16.5. The van der Waals surface area contributed by atoms with E-state index in [1.807, 2.05) is 54.7 Å². The molecule has 0 unspecified atom stereocenters. The fraction of sp³-hybridized carbons (Fsp3) is 0.148. The van der Waals surface area contributed by atoms with Crippen LogP contribution in [-0.4, -0.2) is 11.7 Å². The molecule has 3 aromatic carbocycles. The van der Waals surface area contributed by atoms with E-state index in [2.05, 4.69) is 37.3 Å². The number of methoxy groups -OCH3 is 1. The number of benzene rings is 3. The Balaban J connectivity index is 1.66. The molecule has 0 saturated carbocycles. The van der Waals surface area contributed by atoms with Gasteiger partial charge in [0, 0.05) is 12.3 Å². The van der Waals surface area contributed by atoms with E-state index in [9.17, 15) is 4.79 Å². The molecule has 30 heavy (non-hydrogen) atoms. The van der Waals surface area contributed by atoms with Crippen LogP contribution >= 0.6 is 0 Å². The Morgan fingerprint density at radius 1 is 0.833 bits per heavy atom. The number of aryl methyl sites for hydroxylation is 1. The third-order valence-corrected chi connectivity index (χ3v) is 5.30. The van der Waals surface area contributed by atoms with Crippen LogP contribution in [0.2, 0.25) is 0 Å². The van der Waals surface area contributed by atoms with E-state index in [0.29, 0.717) is 6.54 Å². The van der Waals surface area contributed by atoms with Crippen LogP contribution in [0.4, 0.5) is 0 Å². The molecule has 0 aliphatic carbocycles. The van der Waals surface area contributed by atoms with Gasteiger partial charge in [0.05, 0.1) is 13.7 Å². The molecule has 0 N–H and O–H groups in total. The molecule has 0 atom stereocenters. The first-order chi connectivity index (χ1) is 14.6. The fourth-order valence-electron chi connectivity index (χ4n) is 3.69. The van der Waals surface area contributed by atoms with E-state index in [1.165, 1.54) is 16.7 Å². The molecule has 0 fully saturated rings. The van der Waals surface area contributed by atoms with E-state index in [4.69, 9.17) is 4.74 Å². The molecule has 0 spiro atoms. The molecule has 3 nitrogen and oxygen atoms in total. The quantitative estimate of drug-likeness (QED) is 0.433. The zero-order chi connectivity index (χ0) is 20.9. The van der Waals surface area contributed by atoms with Crippen LogP contribution < -0.4 is 10.3 Å². The van der Waals surface area contributed by atoms with E-state index < -0.39 is 0 Å². The highest BCUT2D eigenvalue weighted by Crippen LogP contribution is 2.28. The maximum Gasteiger partial charge on any atom is 0.250 e. The first-order valence-electron chi connectivity index (χ1n) is 10.1. The molecule has 0 aliphatic heterocycles. The van der Waals surface area contributed by atoms with Crippen LogP contribution in [0.25, 0.3) is 11.1 Å². The topological polar surface area (TPSA) is 31.2 Å². The van der Waals surface area contributed by atoms with Gasteiger partial charge in [0.2, 0.25) is 0 Å². The largest absolute Gasteiger partial charge is 0.497 e. The molecule has 4 rings (SSSR count). The minimum Gasteiger partial charge on any atom is -0.497 e. The van der Waals surface area contributed by atoms with Crippen molar-refractivity contribution in [2.45, 2.75) is 19.9 Å². The molecular formula is C27H25NO2. The smallest absolute Gasteiger partial charge is 0.250 e. The number of hydrogen-bond acceptors (Lipinski definition) is 2. The van der Waals surface area contributed by atoms with Gasteiger partial charge in [0.25, 0.3) is 5.56 Å². The highest BCUT2D eigenvalue weighted by molar-refractivity contribution is 5.69. The number of pyridine rings is 1. The second-order valence-corrected chi connectivity index (χ2v) is 7.55. The second kappa shape index (κ2) is 8.83. The van der Waals surface area contributed by atoms with Crippen molar-refractivity contribution in [1.29, 1.82) is 0 Å². The van der Waals surface area contributed by atoms with Gasteiger partial charge < -0.3 is 9.30 Å². The molecule has 0 amide bonds. The lowest BCUT2D eigenvalue weighted by molar-refractivity contribution is 0.415. The minimum absolute atomic E-state index is 0.0156. The first-order valence-corrected chi connectivity index (χ1v) is 10.1. The molecule has 0 saturated heterocycles. The van der Waals surface area contributed by atoms with Gasteiger partial charge in [-0.1, -0.05) is 72.3 Å². The number of rotatable bonds is 6. The van der Waals surface area contributed by atoms with Crippen molar-refractivity contribution in [3.63, 3.8) is 0 Å². The van der Waals surface area contributed by atoms with Crippen LogP contribution in [0, 0.1) is 6.92 Å². The summed E-state index contributed by atoms with van der Waals surface area (Å²) in [6.07, 6.45) is 2.74.